The van der Waals surface area contributed by atoms with Crippen LogP contribution >= 0.6 is 12.4 Å². The Bertz CT molecular complexity index is 1390. The minimum Gasteiger partial charge on any atom is -0.370 e. The molecule has 0 radical (unpaired) electrons. The van der Waals surface area contributed by atoms with E-state index in [1.54, 1.807) is 37.4 Å². The second-order valence-corrected chi connectivity index (χ2v) is 11.8. The van der Waals surface area contributed by atoms with Gasteiger partial charge < -0.3 is 10.2 Å². The molecule has 1 aliphatic heterocycles. The SMILES string of the molecule is CCN(c1cc(N2CCCNCC2)ccc1NS(=O)(=O)c1ccc2cccnc2c1)S(C)(=O)=O.Cl. The van der Waals surface area contributed by atoms with Crippen LogP contribution in [0.15, 0.2) is 59.6 Å². The maximum Gasteiger partial charge on any atom is 0.262 e. The van der Waals surface area contributed by atoms with Crippen molar-refractivity contribution in [1.82, 2.24) is 10.3 Å². The molecule has 35 heavy (non-hydrogen) atoms. The summed E-state index contributed by atoms with van der Waals surface area (Å²) in [5, 5.41) is 4.17. The molecule has 1 aromatic heterocycles. The number of aromatic nitrogens is 1. The van der Waals surface area contributed by atoms with Gasteiger partial charge in [-0.15, -0.1) is 12.4 Å². The van der Waals surface area contributed by atoms with Crippen molar-refractivity contribution in [2.24, 2.45) is 0 Å². The van der Waals surface area contributed by atoms with E-state index in [1.807, 2.05) is 12.1 Å². The second kappa shape index (κ2) is 11.0. The predicted molar refractivity (Wildman–Crippen MR) is 144 cm³/mol. The minimum atomic E-state index is -3.99. The van der Waals surface area contributed by atoms with Crippen molar-refractivity contribution >= 4 is 60.4 Å². The third-order valence-electron chi connectivity index (χ3n) is 5.77. The van der Waals surface area contributed by atoms with Crippen molar-refractivity contribution in [2.45, 2.75) is 18.2 Å². The number of sulfonamides is 2. The molecule has 2 heterocycles. The average Bonchev–Trinajstić information content (AvgIpc) is 3.09. The lowest BCUT2D eigenvalue weighted by atomic mass is 10.2. The molecule has 0 amide bonds. The zero-order valence-electron chi connectivity index (χ0n) is 19.6. The van der Waals surface area contributed by atoms with Gasteiger partial charge in [0.25, 0.3) is 10.0 Å². The molecule has 0 saturated carbocycles. The van der Waals surface area contributed by atoms with Gasteiger partial charge in [0.2, 0.25) is 10.0 Å². The molecule has 190 valence electrons. The van der Waals surface area contributed by atoms with Crippen molar-refractivity contribution in [3.63, 3.8) is 0 Å². The fourth-order valence-electron chi connectivity index (χ4n) is 4.11. The Morgan fingerprint density at radius 2 is 1.86 bits per heavy atom. The van der Waals surface area contributed by atoms with Gasteiger partial charge in [-0.1, -0.05) is 12.1 Å². The van der Waals surface area contributed by atoms with Crippen molar-refractivity contribution < 1.29 is 16.8 Å². The lowest BCUT2D eigenvalue weighted by molar-refractivity contribution is 0.596. The quantitative estimate of drug-likeness (QED) is 0.474. The number of pyridine rings is 1. The number of halogens is 1. The van der Waals surface area contributed by atoms with Gasteiger partial charge in [-0.3, -0.25) is 14.0 Å². The van der Waals surface area contributed by atoms with Crippen LogP contribution in [0.3, 0.4) is 0 Å². The van der Waals surface area contributed by atoms with Crippen LogP contribution < -0.4 is 19.2 Å². The molecule has 2 N–H and O–H groups in total. The summed E-state index contributed by atoms with van der Waals surface area (Å²) in [5.74, 6) is 0. The highest BCUT2D eigenvalue weighted by Gasteiger charge is 2.24. The first-order valence-corrected chi connectivity index (χ1v) is 14.5. The highest BCUT2D eigenvalue weighted by atomic mass is 35.5. The highest BCUT2D eigenvalue weighted by Crippen LogP contribution is 2.34. The first-order chi connectivity index (χ1) is 16.2. The van der Waals surface area contributed by atoms with Gasteiger partial charge in [0.15, 0.2) is 0 Å². The van der Waals surface area contributed by atoms with E-state index in [0.717, 1.165) is 49.9 Å². The Kier molecular flexibility index (Phi) is 8.47. The molecule has 9 nitrogen and oxygen atoms in total. The van der Waals surface area contributed by atoms with E-state index in [2.05, 4.69) is 19.9 Å². The number of nitrogens with zero attached hydrogens (tertiary/aromatic N) is 3. The first kappa shape index (κ1) is 27.0. The van der Waals surface area contributed by atoms with Crippen molar-refractivity contribution in [1.29, 1.82) is 0 Å². The van der Waals surface area contributed by atoms with Gasteiger partial charge in [-0.05, 0) is 56.3 Å². The summed E-state index contributed by atoms with van der Waals surface area (Å²) in [5.41, 5.74) is 1.90. The number of rotatable bonds is 7. The van der Waals surface area contributed by atoms with Crippen LogP contribution in [0.25, 0.3) is 10.9 Å². The Morgan fingerprint density at radius 1 is 1.06 bits per heavy atom. The summed E-state index contributed by atoms with van der Waals surface area (Å²) in [4.78, 5) is 6.46. The Morgan fingerprint density at radius 3 is 2.60 bits per heavy atom. The molecule has 0 spiro atoms. The van der Waals surface area contributed by atoms with Gasteiger partial charge in [0, 0.05) is 43.4 Å². The van der Waals surface area contributed by atoms with E-state index >= 15 is 0 Å². The normalized spacial score (nSPS) is 14.7. The molecule has 2 aromatic carbocycles. The molecule has 1 fully saturated rings. The standard InChI is InChI=1S/C23H29N5O4S2.ClH/c1-3-28(33(2,29)30)23-16-19(27-14-5-11-24-13-15-27)8-10-21(23)26-34(31,32)20-9-7-18-6-4-12-25-22(18)17-20;/h4,6-10,12,16-17,24,26H,3,5,11,13-15H2,1-2H3;1H. The van der Waals surface area contributed by atoms with Gasteiger partial charge in [0.1, 0.15) is 0 Å². The van der Waals surface area contributed by atoms with E-state index < -0.39 is 20.0 Å². The van der Waals surface area contributed by atoms with Gasteiger partial charge in [-0.25, -0.2) is 16.8 Å². The summed E-state index contributed by atoms with van der Waals surface area (Å²) in [6.45, 7) is 5.23. The molecule has 0 atom stereocenters. The van der Waals surface area contributed by atoms with Gasteiger partial charge >= 0.3 is 0 Å². The number of benzene rings is 2. The van der Waals surface area contributed by atoms with Crippen molar-refractivity contribution in [3.05, 3.63) is 54.7 Å². The lowest BCUT2D eigenvalue weighted by Gasteiger charge is -2.28. The molecule has 1 saturated heterocycles. The van der Waals surface area contributed by atoms with Crippen LogP contribution in [-0.2, 0) is 20.0 Å². The van der Waals surface area contributed by atoms with Crippen LogP contribution in [0.1, 0.15) is 13.3 Å². The summed E-state index contributed by atoms with van der Waals surface area (Å²) in [6.07, 6.45) is 3.68. The van der Waals surface area contributed by atoms with Gasteiger partial charge in [-0.2, -0.15) is 0 Å². The Labute approximate surface area is 213 Å². The zero-order chi connectivity index (χ0) is 24.3. The summed E-state index contributed by atoms with van der Waals surface area (Å²) in [6, 6.07) is 13.6. The fraction of sp³-hybridized carbons (Fsp3) is 0.348. The maximum absolute atomic E-state index is 13.3. The van der Waals surface area contributed by atoms with E-state index in [-0.39, 0.29) is 29.5 Å². The number of hydrogen-bond donors (Lipinski definition) is 2. The zero-order valence-corrected chi connectivity index (χ0v) is 22.1. The molecule has 0 unspecified atom stereocenters. The van der Waals surface area contributed by atoms with Crippen molar-refractivity contribution in [2.75, 3.05) is 52.9 Å². The molecule has 0 bridgehead atoms. The topological polar surface area (TPSA) is 112 Å². The van der Waals surface area contributed by atoms with E-state index in [9.17, 15) is 16.8 Å². The van der Waals surface area contributed by atoms with Gasteiger partial charge in [0.05, 0.1) is 28.0 Å². The van der Waals surface area contributed by atoms with E-state index in [4.69, 9.17) is 0 Å². The monoisotopic (exact) mass is 539 g/mol. The van der Waals surface area contributed by atoms with E-state index in [0.29, 0.717) is 11.2 Å². The largest absolute Gasteiger partial charge is 0.370 e. The predicted octanol–water partition coefficient (Wildman–Crippen LogP) is 3.04. The third kappa shape index (κ3) is 6.16. The lowest BCUT2D eigenvalue weighted by Crippen LogP contribution is -2.32. The molecule has 1 aliphatic rings. The smallest absolute Gasteiger partial charge is 0.262 e. The molecule has 3 aromatic rings. The van der Waals surface area contributed by atoms with Crippen LogP contribution in [0, 0.1) is 0 Å². The molecular weight excluding hydrogens is 510 g/mol. The molecule has 0 aliphatic carbocycles. The summed E-state index contributed by atoms with van der Waals surface area (Å²) >= 11 is 0. The van der Waals surface area contributed by atoms with E-state index in [1.165, 1.54) is 16.4 Å². The third-order valence-corrected chi connectivity index (χ3v) is 8.39. The van der Waals surface area contributed by atoms with Crippen LogP contribution in [0.5, 0.6) is 0 Å². The highest BCUT2D eigenvalue weighted by molar-refractivity contribution is 7.93. The molecular formula is C23H30ClN5O4S2. The number of fused-ring (bicyclic) bond motifs is 1. The van der Waals surface area contributed by atoms with Crippen LogP contribution in [-0.4, -0.2) is 60.8 Å². The average molecular weight is 540 g/mol. The molecule has 4 rings (SSSR count). The minimum absolute atomic E-state index is 0. The Balaban J connectivity index is 0.00000342. The van der Waals surface area contributed by atoms with Crippen LogP contribution in [0.2, 0.25) is 0 Å². The fourth-order valence-corrected chi connectivity index (χ4v) is 6.19. The second-order valence-electron chi connectivity index (χ2n) is 8.18. The Hall–Kier alpha value is -2.60. The van der Waals surface area contributed by atoms with Crippen LogP contribution in [0.4, 0.5) is 17.1 Å². The maximum atomic E-state index is 13.3. The number of anilines is 3. The number of nitrogens with one attached hydrogen (secondary N) is 2. The summed E-state index contributed by atoms with van der Waals surface area (Å²) < 4.78 is 55.5. The molecule has 12 heteroatoms. The number of hydrogen-bond acceptors (Lipinski definition) is 7. The summed E-state index contributed by atoms with van der Waals surface area (Å²) in [7, 11) is -7.63. The first-order valence-electron chi connectivity index (χ1n) is 11.1. The van der Waals surface area contributed by atoms with Crippen molar-refractivity contribution in [3.8, 4) is 0 Å².